The maximum atomic E-state index is 12.9. The molecule has 0 heterocycles. The van der Waals surface area contributed by atoms with E-state index in [1.807, 2.05) is 0 Å². The number of ether oxygens (including phenoxy) is 3. The highest BCUT2D eigenvalue weighted by Crippen LogP contribution is 2.18. The first kappa shape index (κ1) is 73.1. The van der Waals surface area contributed by atoms with E-state index in [9.17, 15) is 14.4 Å². The zero-order chi connectivity index (χ0) is 55.0. The van der Waals surface area contributed by atoms with Gasteiger partial charge in [-0.25, -0.2) is 0 Å². The van der Waals surface area contributed by atoms with Crippen molar-refractivity contribution in [3.05, 3.63) is 60.8 Å². The van der Waals surface area contributed by atoms with Crippen LogP contribution >= 0.6 is 0 Å². The van der Waals surface area contributed by atoms with E-state index in [1.165, 1.54) is 218 Å². The third-order valence-corrected chi connectivity index (χ3v) is 14.8. The molecule has 0 spiro atoms. The van der Waals surface area contributed by atoms with E-state index in [1.54, 1.807) is 0 Å². The van der Waals surface area contributed by atoms with E-state index >= 15 is 0 Å². The first-order valence-corrected chi connectivity index (χ1v) is 33.3. The molecule has 0 fully saturated rings. The van der Waals surface area contributed by atoms with Crippen molar-refractivity contribution in [1.82, 2.24) is 0 Å². The van der Waals surface area contributed by atoms with Crippen LogP contribution in [0.15, 0.2) is 60.8 Å². The fraction of sp³-hybridized carbons (Fsp3) is 0.814. The average Bonchev–Trinajstić information content (AvgIpc) is 3.42. The van der Waals surface area contributed by atoms with Gasteiger partial charge in [0.25, 0.3) is 0 Å². The molecule has 0 aromatic heterocycles. The first-order valence-electron chi connectivity index (χ1n) is 33.3. The van der Waals surface area contributed by atoms with Crippen LogP contribution in [0.25, 0.3) is 0 Å². The number of carbonyl (C=O) groups excluding carboxylic acids is 3. The smallest absolute Gasteiger partial charge is 0.306 e. The molecule has 76 heavy (non-hydrogen) atoms. The van der Waals surface area contributed by atoms with Gasteiger partial charge in [-0.05, 0) is 83.5 Å². The maximum Gasteiger partial charge on any atom is 0.306 e. The molecule has 0 aromatic rings. The highest BCUT2D eigenvalue weighted by atomic mass is 16.6. The number of allylic oxidation sites excluding steroid dienone is 10. The Morgan fingerprint density at radius 3 is 0.816 bits per heavy atom. The Morgan fingerprint density at radius 1 is 0.276 bits per heavy atom. The summed E-state index contributed by atoms with van der Waals surface area (Å²) in [6.07, 6.45) is 82.6. The molecular formula is C70H126O6. The van der Waals surface area contributed by atoms with Crippen LogP contribution in [0.3, 0.4) is 0 Å². The summed E-state index contributed by atoms with van der Waals surface area (Å²) < 4.78 is 16.9. The van der Waals surface area contributed by atoms with Gasteiger partial charge in [0.15, 0.2) is 6.10 Å². The fourth-order valence-electron chi connectivity index (χ4n) is 9.79. The lowest BCUT2D eigenvalue weighted by Gasteiger charge is -2.18. The Balaban J connectivity index is 4.04. The third kappa shape index (κ3) is 62.0. The molecule has 0 saturated heterocycles. The van der Waals surface area contributed by atoms with Crippen molar-refractivity contribution < 1.29 is 28.6 Å². The molecule has 6 heteroatoms. The van der Waals surface area contributed by atoms with Crippen LogP contribution in [0.1, 0.15) is 348 Å². The minimum absolute atomic E-state index is 0.0718. The highest BCUT2D eigenvalue weighted by molar-refractivity contribution is 5.71. The summed E-state index contributed by atoms with van der Waals surface area (Å²) in [4.78, 5) is 38.2. The molecular weight excluding hydrogens is 937 g/mol. The van der Waals surface area contributed by atoms with Crippen molar-refractivity contribution in [3.8, 4) is 0 Å². The van der Waals surface area contributed by atoms with Gasteiger partial charge >= 0.3 is 17.9 Å². The van der Waals surface area contributed by atoms with Crippen LogP contribution < -0.4 is 0 Å². The summed E-state index contributed by atoms with van der Waals surface area (Å²) in [6.45, 7) is 6.54. The average molecular weight is 1060 g/mol. The fourth-order valence-corrected chi connectivity index (χ4v) is 9.79. The molecule has 1 unspecified atom stereocenters. The first-order chi connectivity index (χ1) is 37.5. The Kier molecular flexibility index (Phi) is 62.2. The number of unbranched alkanes of at least 4 members (excludes halogenated alkanes) is 40. The second kappa shape index (κ2) is 64.6. The van der Waals surface area contributed by atoms with E-state index in [0.29, 0.717) is 19.3 Å². The van der Waals surface area contributed by atoms with Gasteiger partial charge in [0, 0.05) is 19.3 Å². The predicted molar refractivity (Wildman–Crippen MR) is 330 cm³/mol. The van der Waals surface area contributed by atoms with E-state index < -0.39 is 6.10 Å². The third-order valence-electron chi connectivity index (χ3n) is 14.8. The minimum Gasteiger partial charge on any atom is -0.462 e. The van der Waals surface area contributed by atoms with Crippen molar-refractivity contribution in [1.29, 1.82) is 0 Å². The number of hydrogen-bond donors (Lipinski definition) is 0. The lowest BCUT2D eigenvalue weighted by molar-refractivity contribution is -0.167. The van der Waals surface area contributed by atoms with Crippen molar-refractivity contribution in [2.75, 3.05) is 13.2 Å². The van der Waals surface area contributed by atoms with Gasteiger partial charge in [0.2, 0.25) is 0 Å². The van der Waals surface area contributed by atoms with Crippen LogP contribution in [0.5, 0.6) is 0 Å². The molecule has 0 saturated carbocycles. The van der Waals surface area contributed by atoms with Crippen LogP contribution in [0.4, 0.5) is 0 Å². The Morgan fingerprint density at radius 2 is 0.513 bits per heavy atom. The van der Waals surface area contributed by atoms with Crippen LogP contribution in [0, 0.1) is 0 Å². The molecule has 0 aromatic carbocycles. The lowest BCUT2D eigenvalue weighted by atomic mass is 10.0. The quantitative estimate of drug-likeness (QED) is 0.0261. The summed E-state index contributed by atoms with van der Waals surface area (Å²) in [5.74, 6) is -0.863. The molecule has 6 nitrogen and oxygen atoms in total. The molecule has 442 valence electrons. The predicted octanol–water partition coefficient (Wildman–Crippen LogP) is 22.7. The van der Waals surface area contributed by atoms with Crippen molar-refractivity contribution in [2.24, 2.45) is 0 Å². The lowest BCUT2D eigenvalue weighted by Crippen LogP contribution is -2.30. The molecule has 0 amide bonds. The molecule has 0 aliphatic carbocycles. The monoisotopic (exact) mass is 1060 g/mol. The van der Waals surface area contributed by atoms with E-state index in [2.05, 4.69) is 81.5 Å². The van der Waals surface area contributed by atoms with Crippen LogP contribution in [0.2, 0.25) is 0 Å². The zero-order valence-corrected chi connectivity index (χ0v) is 50.8. The number of carbonyl (C=O) groups is 3. The largest absolute Gasteiger partial charge is 0.462 e. The molecule has 0 bridgehead atoms. The minimum atomic E-state index is -0.773. The van der Waals surface area contributed by atoms with Gasteiger partial charge in [0.1, 0.15) is 13.2 Å². The Bertz CT molecular complexity index is 1360. The van der Waals surface area contributed by atoms with Gasteiger partial charge < -0.3 is 14.2 Å². The zero-order valence-electron chi connectivity index (χ0n) is 50.8. The second-order valence-electron chi connectivity index (χ2n) is 22.4. The summed E-state index contributed by atoms with van der Waals surface area (Å²) >= 11 is 0. The topological polar surface area (TPSA) is 78.9 Å². The Hall–Kier alpha value is -2.89. The molecule has 1 atom stereocenters. The molecule has 0 rings (SSSR count). The van der Waals surface area contributed by atoms with Gasteiger partial charge in [0.05, 0.1) is 0 Å². The maximum absolute atomic E-state index is 12.9. The van der Waals surface area contributed by atoms with E-state index in [-0.39, 0.29) is 31.1 Å². The summed E-state index contributed by atoms with van der Waals surface area (Å²) in [5.41, 5.74) is 0. The van der Waals surface area contributed by atoms with Gasteiger partial charge in [-0.3, -0.25) is 14.4 Å². The molecule has 0 radical (unpaired) electrons. The molecule has 0 aliphatic heterocycles. The second-order valence-corrected chi connectivity index (χ2v) is 22.4. The highest BCUT2D eigenvalue weighted by Gasteiger charge is 2.19. The van der Waals surface area contributed by atoms with Gasteiger partial charge in [-0.15, -0.1) is 0 Å². The number of hydrogen-bond acceptors (Lipinski definition) is 6. The van der Waals surface area contributed by atoms with Crippen molar-refractivity contribution >= 4 is 17.9 Å². The Labute approximate surface area is 472 Å². The van der Waals surface area contributed by atoms with Crippen LogP contribution in [-0.2, 0) is 28.6 Å². The number of esters is 3. The summed E-state index contributed by atoms with van der Waals surface area (Å²) in [5, 5.41) is 0. The van der Waals surface area contributed by atoms with Gasteiger partial charge in [-0.2, -0.15) is 0 Å². The standard InChI is InChI=1S/C70H126O6/c1-4-7-10-13-16-19-21-23-25-27-28-29-30-31-32-33-34-35-36-37-38-39-40-41-42-43-45-46-48-51-54-57-60-63-69(72)75-66-67(65-74-68(71)62-59-56-53-50-18-15-12-9-6-3)76-70(73)64-61-58-55-52-49-47-44-26-24-22-20-17-14-11-8-5-2/h7,10,16,19,23,25-26,28-29,44,67H,4-6,8-9,11-15,17-18,20-22,24,27,30-43,45-66H2,1-3H3/b10-7-,19-16-,25-23-,29-28-,44-26-. The molecule has 0 N–H and O–H groups in total. The van der Waals surface area contributed by atoms with E-state index in [4.69, 9.17) is 14.2 Å². The van der Waals surface area contributed by atoms with Gasteiger partial charge in [-0.1, -0.05) is 306 Å². The van der Waals surface area contributed by atoms with E-state index in [0.717, 1.165) is 89.9 Å². The van der Waals surface area contributed by atoms with Crippen molar-refractivity contribution in [2.45, 2.75) is 354 Å². The van der Waals surface area contributed by atoms with Crippen molar-refractivity contribution in [3.63, 3.8) is 0 Å². The normalized spacial score (nSPS) is 12.4. The SMILES string of the molecule is CC/C=C\C/C=C\C/C=C\C/C=C\CCCCCCCCCCCCCCCCCCCCCCC(=O)OCC(COC(=O)CCCCCCCCCCC)OC(=O)CCCCCCC/C=C\CCCCCCCCC. The van der Waals surface area contributed by atoms with Crippen LogP contribution in [-0.4, -0.2) is 37.2 Å². The number of rotatable bonds is 61. The summed E-state index contributed by atoms with van der Waals surface area (Å²) in [7, 11) is 0. The summed E-state index contributed by atoms with van der Waals surface area (Å²) in [6, 6.07) is 0. The molecule has 0 aliphatic rings.